The number of nitrogens with zero attached hydrogens (tertiary/aromatic N) is 1. The molecule has 3 aromatic rings. The number of carbonyl (C=O) groups is 3. The molecule has 38 heavy (non-hydrogen) atoms. The molecule has 0 unspecified atom stereocenters. The molecular formula is C28H25ClN2O7. The Morgan fingerprint density at radius 2 is 1.71 bits per heavy atom. The van der Waals surface area contributed by atoms with Gasteiger partial charge in [-0.3, -0.25) is 4.79 Å². The lowest BCUT2D eigenvalue weighted by Crippen LogP contribution is -2.31. The van der Waals surface area contributed by atoms with E-state index in [1.807, 2.05) is 30.3 Å². The first kappa shape index (κ1) is 26.7. The third kappa shape index (κ3) is 6.13. The zero-order valence-electron chi connectivity index (χ0n) is 20.5. The topological polar surface area (TPSA) is 114 Å². The summed E-state index contributed by atoms with van der Waals surface area (Å²) >= 11 is 6.37. The zero-order chi connectivity index (χ0) is 27.1. The van der Waals surface area contributed by atoms with Gasteiger partial charge in [0.1, 0.15) is 12.3 Å². The largest absolute Gasteiger partial charge is 0.483 e. The van der Waals surface area contributed by atoms with Gasteiger partial charge in [0.15, 0.2) is 11.5 Å². The first-order valence-corrected chi connectivity index (χ1v) is 12.0. The van der Waals surface area contributed by atoms with Gasteiger partial charge < -0.3 is 29.5 Å². The highest BCUT2D eigenvalue weighted by Crippen LogP contribution is 2.41. The van der Waals surface area contributed by atoms with Crippen LogP contribution in [-0.2, 0) is 20.9 Å². The van der Waals surface area contributed by atoms with Gasteiger partial charge in [0.2, 0.25) is 0 Å². The molecule has 0 radical (unpaired) electrons. The summed E-state index contributed by atoms with van der Waals surface area (Å²) in [6.45, 7) is -0.196. The number of esters is 2. The second-order valence-corrected chi connectivity index (χ2v) is 8.67. The molecule has 196 valence electrons. The van der Waals surface area contributed by atoms with Crippen LogP contribution in [-0.4, -0.2) is 54.7 Å². The van der Waals surface area contributed by atoms with E-state index in [0.717, 1.165) is 5.56 Å². The minimum atomic E-state index is -0.703. The van der Waals surface area contributed by atoms with Gasteiger partial charge in [-0.25, -0.2) is 9.59 Å². The average molecular weight is 537 g/mol. The summed E-state index contributed by atoms with van der Waals surface area (Å²) in [6.07, 6.45) is 0. The molecule has 10 heteroatoms. The van der Waals surface area contributed by atoms with Crippen molar-refractivity contribution >= 4 is 35.1 Å². The molecule has 4 rings (SSSR count). The van der Waals surface area contributed by atoms with Crippen LogP contribution in [0.25, 0.3) is 0 Å². The highest BCUT2D eigenvalue weighted by atomic mass is 35.5. The van der Waals surface area contributed by atoms with E-state index >= 15 is 0 Å². The number of β-amino-alcohol motifs (C(OH)–C–C–N with tert-alkyl or cyclic N) is 1. The number of amides is 1. The Kier molecular flexibility index (Phi) is 8.62. The number of rotatable bonds is 10. The molecule has 0 fully saturated rings. The third-order valence-electron chi connectivity index (χ3n) is 5.67. The van der Waals surface area contributed by atoms with Gasteiger partial charge in [-0.05, 0) is 23.8 Å². The summed E-state index contributed by atoms with van der Waals surface area (Å²) in [7, 11) is 1.21. The molecule has 0 aliphatic carbocycles. The Labute approximate surface area is 224 Å². The minimum absolute atomic E-state index is 0.0164. The number of hydrogen-bond donors (Lipinski definition) is 2. The van der Waals surface area contributed by atoms with Gasteiger partial charge in [-0.1, -0.05) is 60.1 Å². The summed E-state index contributed by atoms with van der Waals surface area (Å²) in [4.78, 5) is 39.7. The van der Waals surface area contributed by atoms with Crippen molar-refractivity contribution < 1.29 is 33.7 Å². The summed E-state index contributed by atoms with van der Waals surface area (Å²) in [5.41, 5.74) is 1.37. The SMILES string of the molecule is COC(=O)C1=C(Nc2cc(Cl)cc(OC(=O)c3ccccc3)c2OCc2ccccc2)C(=O)N(CCO)C1. The smallest absolute Gasteiger partial charge is 0.343 e. The van der Waals surface area contributed by atoms with E-state index in [2.05, 4.69) is 5.32 Å². The van der Waals surface area contributed by atoms with E-state index in [1.165, 1.54) is 24.1 Å². The molecule has 1 aliphatic heterocycles. The molecule has 0 saturated heterocycles. The summed E-state index contributed by atoms with van der Waals surface area (Å²) < 4.78 is 16.6. The molecule has 2 N–H and O–H groups in total. The highest BCUT2D eigenvalue weighted by molar-refractivity contribution is 6.31. The number of nitrogens with one attached hydrogen (secondary N) is 1. The number of ether oxygens (including phenoxy) is 3. The third-order valence-corrected chi connectivity index (χ3v) is 5.89. The van der Waals surface area contributed by atoms with E-state index in [9.17, 15) is 19.5 Å². The van der Waals surface area contributed by atoms with E-state index < -0.39 is 17.8 Å². The Morgan fingerprint density at radius 1 is 1.03 bits per heavy atom. The quantitative estimate of drug-likeness (QED) is 0.297. The molecule has 1 heterocycles. The Balaban J connectivity index is 1.74. The molecule has 0 spiro atoms. The van der Waals surface area contributed by atoms with E-state index in [1.54, 1.807) is 30.3 Å². The number of aliphatic hydroxyl groups excluding tert-OH is 1. The number of methoxy groups -OCH3 is 1. The summed E-state index contributed by atoms with van der Waals surface area (Å²) in [6, 6.07) is 20.6. The fourth-order valence-electron chi connectivity index (χ4n) is 3.83. The number of hydrogen-bond acceptors (Lipinski definition) is 8. The van der Waals surface area contributed by atoms with Gasteiger partial charge >= 0.3 is 11.9 Å². The lowest BCUT2D eigenvalue weighted by Gasteiger charge is -2.19. The first-order valence-electron chi connectivity index (χ1n) is 11.7. The van der Waals surface area contributed by atoms with Crippen molar-refractivity contribution in [2.75, 3.05) is 32.1 Å². The Bertz CT molecular complexity index is 1360. The highest BCUT2D eigenvalue weighted by Gasteiger charge is 2.35. The molecule has 1 amide bonds. The van der Waals surface area contributed by atoms with Gasteiger partial charge in [0, 0.05) is 17.6 Å². The van der Waals surface area contributed by atoms with Crippen LogP contribution in [0.4, 0.5) is 5.69 Å². The molecule has 9 nitrogen and oxygen atoms in total. The first-order chi connectivity index (χ1) is 18.4. The van der Waals surface area contributed by atoms with Crippen molar-refractivity contribution in [2.45, 2.75) is 6.61 Å². The molecule has 0 saturated carbocycles. The maximum absolute atomic E-state index is 13.1. The minimum Gasteiger partial charge on any atom is -0.483 e. The molecule has 0 aromatic heterocycles. The molecule has 1 aliphatic rings. The van der Waals surface area contributed by atoms with E-state index in [-0.39, 0.29) is 59.8 Å². The standard InChI is InChI=1S/C28H25ClN2O7/c1-36-28(35)21-16-31(12-13-32)26(33)24(21)30-22-14-20(29)15-23(38-27(34)19-10-6-3-7-11-19)25(22)37-17-18-8-4-2-5-9-18/h2-11,14-15,30,32H,12-13,16-17H2,1H3. The lowest BCUT2D eigenvalue weighted by atomic mass is 10.2. The number of aliphatic hydroxyl groups is 1. The lowest BCUT2D eigenvalue weighted by molar-refractivity contribution is -0.136. The summed E-state index contributed by atoms with van der Waals surface area (Å²) in [5.74, 6) is -1.73. The van der Waals surface area contributed by atoms with Crippen molar-refractivity contribution in [3.05, 3.63) is 100 Å². The Hall–Kier alpha value is -4.34. The van der Waals surface area contributed by atoms with Crippen LogP contribution < -0.4 is 14.8 Å². The second-order valence-electron chi connectivity index (χ2n) is 8.23. The number of benzene rings is 3. The second kappa shape index (κ2) is 12.3. The molecule has 3 aromatic carbocycles. The van der Waals surface area contributed by atoms with Crippen LogP contribution in [0.2, 0.25) is 5.02 Å². The zero-order valence-corrected chi connectivity index (χ0v) is 21.2. The van der Waals surface area contributed by atoms with Gasteiger partial charge in [-0.15, -0.1) is 0 Å². The predicted molar refractivity (Wildman–Crippen MR) is 140 cm³/mol. The van der Waals surface area contributed by atoms with Gasteiger partial charge in [0.25, 0.3) is 5.91 Å². The fraction of sp³-hybridized carbons (Fsp3) is 0.179. The van der Waals surface area contributed by atoms with E-state index in [4.69, 9.17) is 25.8 Å². The number of halogens is 1. The van der Waals surface area contributed by atoms with Crippen LogP contribution in [0.15, 0.2) is 84.1 Å². The predicted octanol–water partition coefficient (Wildman–Crippen LogP) is 3.81. The van der Waals surface area contributed by atoms with Crippen LogP contribution in [0, 0.1) is 0 Å². The van der Waals surface area contributed by atoms with E-state index in [0.29, 0.717) is 5.56 Å². The molecule has 0 atom stereocenters. The van der Waals surface area contributed by atoms with Crippen molar-refractivity contribution in [2.24, 2.45) is 0 Å². The number of carbonyl (C=O) groups excluding carboxylic acids is 3. The van der Waals surface area contributed by atoms with Gasteiger partial charge in [-0.2, -0.15) is 0 Å². The van der Waals surface area contributed by atoms with Crippen molar-refractivity contribution in [1.82, 2.24) is 4.90 Å². The van der Waals surface area contributed by atoms with Crippen LogP contribution in [0.1, 0.15) is 15.9 Å². The van der Waals surface area contributed by atoms with Crippen LogP contribution >= 0.6 is 11.6 Å². The average Bonchev–Trinajstić information content (AvgIpc) is 3.23. The van der Waals surface area contributed by atoms with Crippen molar-refractivity contribution in [3.63, 3.8) is 0 Å². The normalized spacial score (nSPS) is 12.9. The number of anilines is 1. The summed E-state index contributed by atoms with van der Waals surface area (Å²) in [5, 5.41) is 12.5. The molecule has 0 bridgehead atoms. The molecular weight excluding hydrogens is 512 g/mol. The maximum atomic E-state index is 13.1. The fourth-order valence-corrected chi connectivity index (χ4v) is 4.04. The van der Waals surface area contributed by atoms with Gasteiger partial charge in [0.05, 0.1) is 37.1 Å². The van der Waals surface area contributed by atoms with Crippen molar-refractivity contribution in [1.29, 1.82) is 0 Å². The van der Waals surface area contributed by atoms with Crippen molar-refractivity contribution in [3.8, 4) is 11.5 Å². The Morgan fingerprint density at radius 3 is 2.37 bits per heavy atom. The van der Waals surface area contributed by atoms with Crippen LogP contribution in [0.5, 0.6) is 11.5 Å². The monoisotopic (exact) mass is 536 g/mol. The van der Waals surface area contributed by atoms with Crippen LogP contribution in [0.3, 0.4) is 0 Å². The maximum Gasteiger partial charge on any atom is 0.343 e.